The van der Waals surface area contributed by atoms with Crippen LogP contribution < -0.4 is 5.32 Å². The van der Waals surface area contributed by atoms with Crippen molar-refractivity contribution in [2.45, 2.75) is 20.0 Å². The lowest BCUT2D eigenvalue weighted by Gasteiger charge is -2.13. The molecule has 0 saturated carbocycles. The Labute approximate surface area is 161 Å². The SMILES string of the molecule is CCOC(=O)c1cc(-c2ccccc2)sc1NC(=O)[C@H](C)OC(=O)COC. The van der Waals surface area contributed by atoms with E-state index >= 15 is 0 Å². The summed E-state index contributed by atoms with van der Waals surface area (Å²) in [5, 5.41) is 2.99. The Kier molecular flexibility index (Phi) is 7.51. The van der Waals surface area contributed by atoms with Crippen molar-refractivity contribution in [2.24, 2.45) is 0 Å². The van der Waals surface area contributed by atoms with Crippen LogP contribution in [0.15, 0.2) is 36.4 Å². The van der Waals surface area contributed by atoms with Crippen LogP contribution in [0, 0.1) is 0 Å². The summed E-state index contributed by atoms with van der Waals surface area (Å²) in [6, 6.07) is 11.1. The van der Waals surface area contributed by atoms with Crippen molar-refractivity contribution in [3.8, 4) is 10.4 Å². The second kappa shape index (κ2) is 9.84. The standard InChI is InChI=1S/C19H21NO6S/c1-4-25-19(23)14-10-15(13-8-6-5-7-9-13)27-18(14)20-17(22)12(2)26-16(21)11-24-3/h5-10,12H,4,11H2,1-3H3,(H,20,22)/t12-/m0/s1. The van der Waals surface area contributed by atoms with Crippen LogP contribution >= 0.6 is 11.3 Å². The molecule has 0 saturated heterocycles. The van der Waals surface area contributed by atoms with E-state index in [2.05, 4.69) is 10.1 Å². The number of anilines is 1. The van der Waals surface area contributed by atoms with Crippen LogP contribution in [-0.4, -0.2) is 44.3 Å². The molecule has 0 aliphatic carbocycles. The number of nitrogens with one attached hydrogen (secondary N) is 1. The fourth-order valence-electron chi connectivity index (χ4n) is 2.21. The van der Waals surface area contributed by atoms with Crippen molar-refractivity contribution >= 4 is 34.2 Å². The van der Waals surface area contributed by atoms with Crippen molar-refractivity contribution in [1.82, 2.24) is 0 Å². The molecule has 0 radical (unpaired) electrons. The number of amides is 1. The van der Waals surface area contributed by atoms with E-state index in [9.17, 15) is 14.4 Å². The Morgan fingerprint density at radius 1 is 1.19 bits per heavy atom. The van der Waals surface area contributed by atoms with Gasteiger partial charge < -0.3 is 19.5 Å². The van der Waals surface area contributed by atoms with Gasteiger partial charge in [0, 0.05) is 12.0 Å². The maximum absolute atomic E-state index is 12.4. The number of rotatable bonds is 8. The monoisotopic (exact) mass is 391 g/mol. The van der Waals surface area contributed by atoms with Crippen molar-refractivity contribution in [3.63, 3.8) is 0 Å². The van der Waals surface area contributed by atoms with Crippen LogP contribution in [0.25, 0.3) is 10.4 Å². The molecule has 0 aliphatic rings. The van der Waals surface area contributed by atoms with Gasteiger partial charge in [0.2, 0.25) is 0 Å². The Morgan fingerprint density at radius 3 is 2.52 bits per heavy atom. The molecule has 27 heavy (non-hydrogen) atoms. The highest BCUT2D eigenvalue weighted by Gasteiger charge is 2.23. The Morgan fingerprint density at radius 2 is 1.89 bits per heavy atom. The van der Waals surface area contributed by atoms with E-state index in [-0.39, 0.29) is 18.8 Å². The van der Waals surface area contributed by atoms with Crippen LogP contribution in [0.5, 0.6) is 0 Å². The van der Waals surface area contributed by atoms with Crippen LogP contribution in [0.2, 0.25) is 0 Å². The quantitative estimate of drug-likeness (QED) is 0.696. The third-order valence-corrected chi connectivity index (χ3v) is 4.56. The third-order valence-electron chi connectivity index (χ3n) is 3.46. The Bertz CT molecular complexity index is 802. The lowest BCUT2D eigenvalue weighted by molar-refractivity contribution is -0.156. The molecule has 1 atom stereocenters. The minimum absolute atomic E-state index is 0.216. The van der Waals surface area contributed by atoms with E-state index in [1.807, 2.05) is 30.3 Å². The minimum Gasteiger partial charge on any atom is -0.462 e. The van der Waals surface area contributed by atoms with E-state index < -0.39 is 23.9 Å². The molecule has 7 nitrogen and oxygen atoms in total. The van der Waals surface area contributed by atoms with Crippen LogP contribution in [0.1, 0.15) is 24.2 Å². The number of methoxy groups -OCH3 is 1. The first-order chi connectivity index (χ1) is 13.0. The largest absolute Gasteiger partial charge is 0.462 e. The topological polar surface area (TPSA) is 90.9 Å². The zero-order valence-corrected chi connectivity index (χ0v) is 16.1. The highest BCUT2D eigenvalue weighted by molar-refractivity contribution is 7.20. The fourth-order valence-corrected chi connectivity index (χ4v) is 3.26. The van der Waals surface area contributed by atoms with Crippen molar-refractivity contribution in [3.05, 3.63) is 42.0 Å². The van der Waals surface area contributed by atoms with Crippen LogP contribution in [0.4, 0.5) is 5.00 Å². The van der Waals surface area contributed by atoms with Crippen LogP contribution in [0.3, 0.4) is 0 Å². The van der Waals surface area contributed by atoms with Crippen molar-refractivity contribution in [2.75, 3.05) is 25.6 Å². The lowest BCUT2D eigenvalue weighted by atomic mass is 10.1. The van der Waals surface area contributed by atoms with Gasteiger partial charge >= 0.3 is 11.9 Å². The lowest BCUT2D eigenvalue weighted by Crippen LogP contribution is -2.31. The van der Waals surface area contributed by atoms with Crippen molar-refractivity contribution in [1.29, 1.82) is 0 Å². The molecule has 1 aromatic heterocycles. The summed E-state index contributed by atoms with van der Waals surface area (Å²) in [7, 11) is 1.36. The Hall–Kier alpha value is -2.71. The molecule has 1 N–H and O–H groups in total. The minimum atomic E-state index is -1.04. The fraction of sp³-hybridized carbons (Fsp3) is 0.316. The summed E-state index contributed by atoms with van der Waals surface area (Å²) in [6.45, 7) is 3.12. The molecule has 0 unspecified atom stereocenters. The van der Waals surface area contributed by atoms with E-state index in [0.717, 1.165) is 10.4 Å². The smallest absolute Gasteiger partial charge is 0.341 e. The second-order valence-electron chi connectivity index (χ2n) is 5.49. The normalized spacial score (nSPS) is 11.5. The summed E-state index contributed by atoms with van der Waals surface area (Å²) in [6.07, 6.45) is -1.04. The molecular weight excluding hydrogens is 370 g/mol. The first-order valence-electron chi connectivity index (χ1n) is 8.31. The highest BCUT2D eigenvalue weighted by Crippen LogP contribution is 2.36. The average Bonchev–Trinajstić information content (AvgIpc) is 3.06. The van der Waals surface area contributed by atoms with Crippen molar-refractivity contribution < 1.29 is 28.6 Å². The number of carbonyl (C=O) groups excluding carboxylic acids is 3. The predicted molar refractivity (Wildman–Crippen MR) is 102 cm³/mol. The van der Waals surface area contributed by atoms with Crippen LogP contribution in [-0.2, 0) is 23.8 Å². The van der Waals surface area contributed by atoms with Gasteiger partial charge in [-0.2, -0.15) is 0 Å². The van der Waals surface area contributed by atoms with Gasteiger partial charge in [-0.3, -0.25) is 4.79 Å². The predicted octanol–water partition coefficient (Wildman–Crippen LogP) is 3.11. The molecule has 0 bridgehead atoms. The molecule has 1 heterocycles. The molecule has 8 heteroatoms. The zero-order chi connectivity index (χ0) is 19.8. The molecular formula is C19H21NO6S. The molecule has 1 aromatic carbocycles. The summed E-state index contributed by atoms with van der Waals surface area (Å²) in [4.78, 5) is 36.9. The number of esters is 2. The van der Waals surface area contributed by atoms with Gasteiger partial charge in [-0.05, 0) is 25.5 Å². The average molecular weight is 391 g/mol. The van der Waals surface area contributed by atoms with Gasteiger partial charge in [-0.15, -0.1) is 11.3 Å². The zero-order valence-electron chi connectivity index (χ0n) is 15.3. The number of benzene rings is 1. The maximum atomic E-state index is 12.4. The molecule has 0 fully saturated rings. The number of ether oxygens (including phenoxy) is 3. The van der Waals surface area contributed by atoms with E-state index in [4.69, 9.17) is 9.47 Å². The number of carbonyl (C=O) groups is 3. The molecule has 1 amide bonds. The first kappa shape index (κ1) is 20.6. The van der Waals surface area contributed by atoms with Gasteiger partial charge in [0.05, 0.1) is 12.2 Å². The summed E-state index contributed by atoms with van der Waals surface area (Å²) in [5.74, 6) is -1.73. The summed E-state index contributed by atoms with van der Waals surface area (Å²) in [5.41, 5.74) is 1.16. The van der Waals surface area contributed by atoms with Gasteiger partial charge in [0.15, 0.2) is 6.10 Å². The maximum Gasteiger partial charge on any atom is 0.341 e. The molecule has 0 aliphatic heterocycles. The first-order valence-corrected chi connectivity index (χ1v) is 9.13. The molecule has 2 rings (SSSR count). The van der Waals surface area contributed by atoms with E-state index in [1.54, 1.807) is 13.0 Å². The van der Waals surface area contributed by atoms with Gasteiger partial charge in [-0.1, -0.05) is 30.3 Å². The third kappa shape index (κ3) is 5.63. The van der Waals surface area contributed by atoms with E-state index in [0.29, 0.717) is 5.00 Å². The number of thiophene rings is 1. The number of hydrogen-bond acceptors (Lipinski definition) is 7. The summed E-state index contributed by atoms with van der Waals surface area (Å²) >= 11 is 1.24. The molecule has 144 valence electrons. The van der Waals surface area contributed by atoms with Gasteiger partial charge in [0.25, 0.3) is 5.91 Å². The molecule has 2 aromatic rings. The summed E-state index contributed by atoms with van der Waals surface area (Å²) < 4.78 is 14.7. The molecule has 0 spiro atoms. The Balaban J connectivity index is 2.23. The van der Waals surface area contributed by atoms with Gasteiger partial charge in [-0.25, -0.2) is 9.59 Å². The van der Waals surface area contributed by atoms with E-state index in [1.165, 1.54) is 25.4 Å². The second-order valence-corrected chi connectivity index (χ2v) is 6.55. The number of hydrogen-bond donors (Lipinski definition) is 1. The highest BCUT2D eigenvalue weighted by atomic mass is 32.1. The van der Waals surface area contributed by atoms with Gasteiger partial charge in [0.1, 0.15) is 11.6 Å².